The smallest absolute Gasteiger partial charge is 0.243 e. The zero-order valence-electron chi connectivity index (χ0n) is 14.4. The number of aliphatic hydroxyl groups is 2. The van der Waals surface area contributed by atoms with Crippen molar-refractivity contribution >= 4 is 34.6 Å². The van der Waals surface area contributed by atoms with Gasteiger partial charge in [0.25, 0.3) is 0 Å². The Hall–Kier alpha value is -2.32. The first-order valence-electron chi connectivity index (χ1n) is 8.05. The number of aliphatic hydroxyl groups excluding tert-OH is 2. The Morgan fingerprint density at radius 2 is 2.30 bits per heavy atom. The maximum atomic E-state index is 15.2. The number of nitrogens with one attached hydrogen (secondary N) is 1. The van der Waals surface area contributed by atoms with Gasteiger partial charge in [-0.3, -0.25) is 14.7 Å². The van der Waals surface area contributed by atoms with E-state index in [1.807, 2.05) is 5.92 Å². The molecule has 2 aromatic rings. The van der Waals surface area contributed by atoms with E-state index < -0.39 is 30.7 Å². The first-order chi connectivity index (χ1) is 12.7. The number of aromatic nitrogens is 4. The number of hydrogen-bond donors (Lipinski definition) is 3. The van der Waals surface area contributed by atoms with E-state index in [2.05, 4.69) is 20.3 Å². The quantitative estimate of drug-likeness (QED) is 0.511. The Labute approximate surface area is 158 Å². The summed E-state index contributed by atoms with van der Waals surface area (Å²) in [6.07, 6.45) is 1.96. The normalized spacial score (nSPS) is 27.9. The SMILES string of the molecule is C#C[C@@]1(F)[C@H](O)[C@@H](CO)O[C@H]1n1cnc2c(Cl)nc(NC(=O)C(C)C)nc21. The molecule has 27 heavy (non-hydrogen) atoms. The van der Waals surface area contributed by atoms with Crippen molar-refractivity contribution in [3.05, 3.63) is 11.5 Å². The van der Waals surface area contributed by atoms with Crippen molar-refractivity contribution in [1.29, 1.82) is 0 Å². The number of anilines is 1. The minimum atomic E-state index is -2.64. The van der Waals surface area contributed by atoms with Crippen LogP contribution < -0.4 is 5.32 Å². The first kappa shape index (κ1) is 19.4. The van der Waals surface area contributed by atoms with Crippen LogP contribution in [0.15, 0.2) is 6.33 Å². The van der Waals surface area contributed by atoms with Crippen molar-refractivity contribution in [2.75, 3.05) is 11.9 Å². The highest BCUT2D eigenvalue weighted by Crippen LogP contribution is 2.42. The number of alkyl halides is 1. The van der Waals surface area contributed by atoms with Crippen molar-refractivity contribution in [2.24, 2.45) is 5.92 Å². The fraction of sp³-hybridized carbons (Fsp3) is 0.500. The Balaban J connectivity index is 2.09. The molecule has 0 spiro atoms. The van der Waals surface area contributed by atoms with Gasteiger partial charge in [0.15, 0.2) is 17.0 Å². The lowest BCUT2D eigenvalue weighted by Gasteiger charge is -2.23. The van der Waals surface area contributed by atoms with E-state index in [4.69, 9.17) is 22.8 Å². The highest BCUT2D eigenvalue weighted by molar-refractivity contribution is 6.33. The summed E-state index contributed by atoms with van der Waals surface area (Å²) in [4.78, 5) is 24.0. The number of rotatable bonds is 4. The molecule has 0 bridgehead atoms. The number of fused-ring (bicyclic) bond motifs is 1. The van der Waals surface area contributed by atoms with Gasteiger partial charge < -0.3 is 14.9 Å². The van der Waals surface area contributed by atoms with Gasteiger partial charge in [-0.1, -0.05) is 31.4 Å². The summed E-state index contributed by atoms with van der Waals surface area (Å²) in [6.45, 7) is 2.74. The van der Waals surface area contributed by atoms with Crippen molar-refractivity contribution in [3.63, 3.8) is 0 Å². The lowest BCUT2D eigenvalue weighted by atomic mass is 9.97. The summed E-state index contributed by atoms with van der Waals surface area (Å²) in [5.41, 5.74) is -2.47. The highest BCUT2D eigenvalue weighted by Gasteiger charge is 2.57. The molecule has 2 aromatic heterocycles. The van der Waals surface area contributed by atoms with E-state index in [-0.39, 0.29) is 34.1 Å². The molecule has 144 valence electrons. The Kier molecular flexibility index (Phi) is 5.05. The maximum absolute atomic E-state index is 15.2. The predicted molar refractivity (Wildman–Crippen MR) is 93.5 cm³/mol. The maximum Gasteiger partial charge on any atom is 0.243 e. The third-order valence-corrected chi connectivity index (χ3v) is 4.50. The lowest BCUT2D eigenvalue weighted by molar-refractivity contribution is -0.118. The van der Waals surface area contributed by atoms with E-state index >= 15 is 4.39 Å². The second kappa shape index (κ2) is 7.01. The van der Waals surface area contributed by atoms with Crippen LogP contribution in [0.4, 0.5) is 10.3 Å². The molecule has 11 heteroatoms. The number of hydrogen-bond acceptors (Lipinski definition) is 7. The standard InChI is InChI=1S/C16H17ClFN5O4/c1-4-16(18)10(25)8(5-24)27-14(16)23-6-19-9-11(17)20-15(21-12(9)23)22-13(26)7(2)3/h1,6-8,10,14,24-25H,5H2,2-3H3,(H,20,21,22,26)/t8-,10-,14-,16-/m1/s1. The van der Waals surface area contributed by atoms with Crippen LogP contribution in [0, 0.1) is 18.3 Å². The molecule has 3 N–H and O–H groups in total. The molecule has 1 saturated heterocycles. The van der Waals surface area contributed by atoms with Crippen LogP contribution in [-0.2, 0) is 9.53 Å². The molecule has 1 amide bonds. The number of halogens is 2. The van der Waals surface area contributed by atoms with Gasteiger partial charge in [0.05, 0.1) is 12.9 Å². The summed E-state index contributed by atoms with van der Waals surface area (Å²) >= 11 is 6.09. The molecule has 3 rings (SSSR count). The van der Waals surface area contributed by atoms with Crippen LogP contribution in [0.25, 0.3) is 11.2 Å². The van der Waals surface area contributed by atoms with Crippen molar-refractivity contribution in [1.82, 2.24) is 19.5 Å². The third-order valence-electron chi connectivity index (χ3n) is 4.24. The van der Waals surface area contributed by atoms with Gasteiger partial charge in [0.2, 0.25) is 17.5 Å². The molecular weight excluding hydrogens is 381 g/mol. The van der Waals surface area contributed by atoms with Crippen molar-refractivity contribution < 1.29 is 24.1 Å². The van der Waals surface area contributed by atoms with Gasteiger partial charge in [0.1, 0.15) is 17.7 Å². The van der Waals surface area contributed by atoms with E-state index in [1.165, 1.54) is 6.33 Å². The summed E-state index contributed by atoms with van der Waals surface area (Å²) in [5, 5.41) is 21.8. The van der Waals surface area contributed by atoms with Gasteiger partial charge in [-0.2, -0.15) is 9.97 Å². The summed E-state index contributed by atoms with van der Waals surface area (Å²) in [6, 6.07) is 0. The Bertz CT molecular complexity index is 929. The molecule has 1 aliphatic rings. The van der Waals surface area contributed by atoms with E-state index in [0.29, 0.717) is 0 Å². The van der Waals surface area contributed by atoms with Crippen molar-refractivity contribution in [3.8, 4) is 12.3 Å². The molecule has 9 nitrogen and oxygen atoms in total. The number of imidazole rings is 1. The van der Waals surface area contributed by atoms with Crippen LogP contribution in [0.5, 0.6) is 0 Å². The van der Waals surface area contributed by atoms with Crippen LogP contribution in [0.2, 0.25) is 5.15 Å². The number of amides is 1. The Morgan fingerprint density at radius 3 is 2.89 bits per heavy atom. The molecule has 0 aromatic carbocycles. The zero-order chi connectivity index (χ0) is 19.9. The minimum Gasteiger partial charge on any atom is -0.394 e. The topological polar surface area (TPSA) is 122 Å². The molecule has 1 aliphatic heterocycles. The highest BCUT2D eigenvalue weighted by atomic mass is 35.5. The van der Waals surface area contributed by atoms with Crippen LogP contribution in [-0.4, -0.2) is 60.1 Å². The summed E-state index contributed by atoms with van der Waals surface area (Å²) in [5.74, 6) is 1.12. The summed E-state index contributed by atoms with van der Waals surface area (Å²) < 4.78 is 21.8. The third kappa shape index (κ3) is 3.12. The molecule has 0 saturated carbocycles. The van der Waals surface area contributed by atoms with E-state index in [9.17, 15) is 15.0 Å². The summed E-state index contributed by atoms with van der Waals surface area (Å²) in [7, 11) is 0. The molecule has 3 heterocycles. The first-order valence-corrected chi connectivity index (χ1v) is 8.42. The van der Waals surface area contributed by atoms with Crippen molar-refractivity contribution in [2.45, 2.75) is 38.0 Å². The molecule has 4 atom stereocenters. The van der Waals surface area contributed by atoms with Gasteiger partial charge in [-0.25, -0.2) is 9.37 Å². The van der Waals surface area contributed by atoms with Gasteiger partial charge >= 0.3 is 0 Å². The Morgan fingerprint density at radius 1 is 1.59 bits per heavy atom. The van der Waals surface area contributed by atoms with Crippen LogP contribution >= 0.6 is 11.6 Å². The number of nitrogens with zero attached hydrogens (tertiary/aromatic N) is 4. The number of carbonyl (C=O) groups excluding carboxylic acids is 1. The minimum absolute atomic E-state index is 0.0436. The fourth-order valence-electron chi connectivity index (χ4n) is 2.69. The second-order valence-electron chi connectivity index (χ2n) is 6.37. The average molecular weight is 398 g/mol. The van der Waals surface area contributed by atoms with E-state index in [1.54, 1.807) is 13.8 Å². The second-order valence-corrected chi connectivity index (χ2v) is 6.73. The van der Waals surface area contributed by atoms with Gasteiger partial charge in [-0.15, -0.1) is 6.42 Å². The molecule has 0 aliphatic carbocycles. The number of terminal acetylenes is 1. The number of carbonyl (C=O) groups is 1. The molecule has 0 unspecified atom stereocenters. The largest absolute Gasteiger partial charge is 0.394 e. The molecule has 1 fully saturated rings. The number of ether oxygens (including phenoxy) is 1. The molecular formula is C16H17ClFN5O4. The lowest BCUT2D eigenvalue weighted by Crippen LogP contribution is -2.42. The molecule has 0 radical (unpaired) electrons. The van der Waals surface area contributed by atoms with Crippen LogP contribution in [0.3, 0.4) is 0 Å². The van der Waals surface area contributed by atoms with Gasteiger partial charge in [-0.05, 0) is 0 Å². The van der Waals surface area contributed by atoms with Crippen LogP contribution in [0.1, 0.15) is 20.1 Å². The monoisotopic (exact) mass is 397 g/mol. The zero-order valence-corrected chi connectivity index (χ0v) is 15.2. The van der Waals surface area contributed by atoms with Gasteiger partial charge in [0, 0.05) is 5.92 Å². The fourth-order valence-corrected chi connectivity index (χ4v) is 2.90. The van der Waals surface area contributed by atoms with E-state index in [0.717, 1.165) is 4.57 Å². The average Bonchev–Trinajstić information content (AvgIpc) is 3.15. The predicted octanol–water partition coefficient (Wildman–Crippen LogP) is 0.666.